The van der Waals surface area contributed by atoms with Gasteiger partial charge in [-0.1, -0.05) is 33.6 Å². The second-order valence-corrected chi connectivity index (χ2v) is 4.61. The van der Waals surface area contributed by atoms with Gasteiger partial charge in [-0.2, -0.15) is 0 Å². The van der Waals surface area contributed by atoms with Gasteiger partial charge in [0, 0.05) is 19.6 Å². The highest BCUT2D eigenvalue weighted by molar-refractivity contribution is 4.80. The minimum atomic E-state index is 0.222. The lowest BCUT2D eigenvalue weighted by atomic mass is 9.76. The highest BCUT2D eigenvalue weighted by Gasteiger charge is 2.30. The van der Waals surface area contributed by atoms with Gasteiger partial charge in [-0.05, 0) is 18.8 Å². The summed E-state index contributed by atoms with van der Waals surface area (Å²) in [4.78, 5) is 0. The van der Waals surface area contributed by atoms with Crippen molar-refractivity contribution in [2.45, 2.75) is 46.5 Å². The summed E-state index contributed by atoms with van der Waals surface area (Å²) in [5.41, 5.74) is 0.222. The summed E-state index contributed by atoms with van der Waals surface area (Å²) in [6, 6.07) is 0. The molecule has 0 amide bonds. The first-order valence-corrected chi connectivity index (χ1v) is 6.15. The van der Waals surface area contributed by atoms with Gasteiger partial charge >= 0.3 is 0 Å². The van der Waals surface area contributed by atoms with Crippen LogP contribution in [0.5, 0.6) is 0 Å². The summed E-state index contributed by atoms with van der Waals surface area (Å²) in [6.07, 6.45) is 4.86. The smallest absolute Gasteiger partial charge is 0.0540 e. The Labute approximate surface area is 95.3 Å². The predicted octanol–water partition coefficient (Wildman–Crippen LogP) is 3.50. The van der Waals surface area contributed by atoms with Gasteiger partial charge in [-0.25, -0.2) is 0 Å². The number of methoxy groups -OCH3 is 2. The van der Waals surface area contributed by atoms with E-state index < -0.39 is 0 Å². The molecule has 15 heavy (non-hydrogen) atoms. The maximum atomic E-state index is 5.36. The standard InChI is InChI=1S/C13H28O2/c1-6-12(7-2)9-13(8-3,10-14-4)11-15-5/h12H,6-11H2,1-5H3. The van der Waals surface area contributed by atoms with Gasteiger partial charge in [-0.15, -0.1) is 0 Å². The summed E-state index contributed by atoms with van der Waals surface area (Å²) in [6.45, 7) is 8.41. The van der Waals surface area contributed by atoms with Crippen LogP contribution < -0.4 is 0 Å². The molecule has 0 atom stereocenters. The molecule has 0 bridgehead atoms. The van der Waals surface area contributed by atoms with E-state index in [0.29, 0.717) is 0 Å². The lowest BCUT2D eigenvalue weighted by Crippen LogP contribution is -2.33. The Morgan fingerprint density at radius 1 is 0.933 bits per heavy atom. The van der Waals surface area contributed by atoms with Gasteiger partial charge in [0.05, 0.1) is 13.2 Å². The molecule has 0 spiro atoms. The molecule has 0 aromatic rings. The Hall–Kier alpha value is -0.0800. The van der Waals surface area contributed by atoms with E-state index in [4.69, 9.17) is 9.47 Å². The molecule has 0 N–H and O–H groups in total. The van der Waals surface area contributed by atoms with Gasteiger partial charge in [-0.3, -0.25) is 0 Å². The molecule has 0 aliphatic carbocycles. The van der Waals surface area contributed by atoms with E-state index in [-0.39, 0.29) is 5.41 Å². The van der Waals surface area contributed by atoms with Crippen LogP contribution in [0.1, 0.15) is 46.5 Å². The minimum Gasteiger partial charge on any atom is -0.384 e. The van der Waals surface area contributed by atoms with Crippen LogP contribution >= 0.6 is 0 Å². The molecule has 0 rings (SSSR count). The van der Waals surface area contributed by atoms with Crippen molar-refractivity contribution in [2.24, 2.45) is 11.3 Å². The molecule has 0 heterocycles. The van der Waals surface area contributed by atoms with Crippen LogP contribution in [0.4, 0.5) is 0 Å². The van der Waals surface area contributed by atoms with Gasteiger partial charge in [0.1, 0.15) is 0 Å². The SMILES string of the molecule is CCC(CC)CC(CC)(COC)COC. The van der Waals surface area contributed by atoms with Crippen molar-refractivity contribution in [3.05, 3.63) is 0 Å². The average Bonchev–Trinajstić information content (AvgIpc) is 2.26. The highest BCUT2D eigenvalue weighted by Crippen LogP contribution is 2.33. The molecule has 2 nitrogen and oxygen atoms in total. The Morgan fingerprint density at radius 3 is 1.67 bits per heavy atom. The predicted molar refractivity (Wildman–Crippen MR) is 65.2 cm³/mol. The molecule has 0 fully saturated rings. The van der Waals surface area contributed by atoms with Crippen molar-refractivity contribution in [3.63, 3.8) is 0 Å². The fourth-order valence-corrected chi connectivity index (χ4v) is 2.31. The monoisotopic (exact) mass is 216 g/mol. The summed E-state index contributed by atoms with van der Waals surface area (Å²) in [7, 11) is 3.57. The maximum absolute atomic E-state index is 5.36. The van der Waals surface area contributed by atoms with Gasteiger partial charge in [0.15, 0.2) is 0 Å². The quantitative estimate of drug-likeness (QED) is 0.587. The fourth-order valence-electron chi connectivity index (χ4n) is 2.31. The third-order valence-corrected chi connectivity index (χ3v) is 3.53. The zero-order valence-corrected chi connectivity index (χ0v) is 11.1. The molecule has 92 valence electrons. The van der Waals surface area contributed by atoms with E-state index in [0.717, 1.165) is 25.6 Å². The zero-order chi connectivity index (χ0) is 11.7. The van der Waals surface area contributed by atoms with E-state index in [2.05, 4.69) is 20.8 Å². The lowest BCUT2D eigenvalue weighted by Gasteiger charge is -2.34. The Balaban J connectivity index is 4.43. The molecule has 0 radical (unpaired) electrons. The molecule has 0 aromatic heterocycles. The largest absolute Gasteiger partial charge is 0.384 e. The summed E-state index contributed by atoms with van der Waals surface area (Å²) in [5, 5.41) is 0. The molecular formula is C13H28O2. The fraction of sp³-hybridized carbons (Fsp3) is 1.00. The normalized spacial score (nSPS) is 12.4. The molecule has 0 saturated carbocycles. The number of hydrogen-bond acceptors (Lipinski definition) is 2. The minimum absolute atomic E-state index is 0.222. The summed E-state index contributed by atoms with van der Waals surface area (Å²) >= 11 is 0. The molecule has 0 unspecified atom stereocenters. The van der Waals surface area contributed by atoms with Crippen LogP contribution in [0.15, 0.2) is 0 Å². The molecule has 2 heteroatoms. The number of hydrogen-bond donors (Lipinski definition) is 0. The Bertz CT molecular complexity index is 135. The topological polar surface area (TPSA) is 18.5 Å². The third kappa shape index (κ3) is 4.98. The van der Waals surface area contributed by atoms with E-state index in [1.165, 1.54) is 19.3 Å². The van der Waals surface area contributed by atoms with Crippen LogP contribution in [-0.4, -0.2) is 27.4 Å². The molecule has 0 saturated heterocycles. The Morgan fingerprint density at radius 2 is 1.40 bits per heavy atom. The van der Waals surface area contributed by atoms with E-state index in [1.807, 2.05) is 0 Å². The molecule has 0 aliphatic heterocycles. The van der Waals surface area contributed by atoms with Crippen molar-refractivity contribution < 1.29 is 9.47 Å². The summed E-state index contributed by atoms with van der Waals surface area (Å²) in [5.74, 6) is 0.801. The molecular weight excluding hydrogens is 188 g/mol. The zero-order valence-electron chi connectivity index (χ0n) is 11.1. The van der Waals surface area contributed by atoms with Crippen molar-refractivity contribution in [2.75, 3.05) is 27.4 Å². The first-order chi connectivity index (χ1) is 7.17. The number of rotatable bonds is 9. The van der Waals surface area contributed by atoms with Crippen LogP contribution in [0.25, 0.3) is 0 Å². The van der Waals surface area contributed by atoms with Crippen molar-refractivity contribution in [1.82, 2.24) is 0 Å². The van der Waals surface area contributed by atoms with Crippen LogP contribution in [0.2, 0.25) is 0 Å². The first-order valence-electron chi connectivity index (χ1n) is 6.15. The molecule has 0 aliphatic rings. The van der Waals surface area contributed by atoms with Gasteiger partial charge in [0.2, 0.25) is 0 Å². The van der Waals surface area contributed by atoms with Crippen LogP contribution in [0, 0.1) is 11.3 Å². The maximum Gasteiger partial charge on any atom is 0.0540 e. The van der Waals surface area contributed by atoms with E-state index >= 15 is 0 Å². The van der Waals surface area contributed by atoms with Crippen molar-refractivity contribution in [3.8, 4) is 0 Å². The highest BCUT2D eigenvalue weighted by atomic mass is 16.5. The van der Waals surface area contributed by atoms with E-state index in [9.17, 15) is 0 Å². The lowest BCUT2D eigenvalue weighted by molar-refractivity contribution is -0.00928. The van der Waals surface area contributed by atoms with Crippen molar-refractivity contribution >= 4 is 0 Å². The first kappa shape index (κ1) is 14.9. The van der Waals surface area contributed by atoms with E-state index in [1.54, 1.807) is 14.2 Å². The molecule has 0 aromatic carbocycles. The third-order valence-electron chi connectivity index (χ3n) is 3.53. The number of ether oxygens (including phenoxy) is 2. The van der Waals surface area contributed by atoms with Crippen LogP contribution in [0.3, 0.4) is 0 Å². The average molecular weight is 216 g/mol. The second kappa shape index (κ2) is 8.12. The van der Waals surface area contributed by atoms with Crippen molar-refractivity contribution in [1.29, 1.82) is 0 Å². The second-order valence-electron chi connectivity index (χ2n) is 4.61. The van der Waals surface area contributed by atoms with Crippen LogP contribution in [-0.2, 0) is 9.47 Å². The Kier molecular flexibility index (Phi) is 8.07. The summed E-state index contributed by atoms with van der Waals surface area (Å²) < 4.78 is 10.7. The van der Waals surface area contributed by atoms with Gasteiger partial charge in [0.25, 0.3) is 0 Å². The van der Waals surface area contributed by atoms with Gasteiger partial charge < -0.3 is 9.47 Å².